The molecule has 0 aromatic heterocycles. The Hall–Kier alpha value is -2.13. The molecule has 0 bridgehead atoms. The molecule has 2 aromatic carbocycles. The second-order valence-electron chi connectivity index (χ2n) is 6.29. The van der Waals surface area contributed by atoms with E-state index in [1.165, 1.54) is 16.7 Å². The molecule has 1 amide bonds. The summed E-state index contributed by atoms with van der Waals surface area (Å²) in [6.45, 7) is 10.4. The number of benzene rings is 2. The van der Waals surface area contributed by atoms with E-state index in [4.69, 9.17) is 5.73 Å². The van der Waals surface area contributed by atoms with Crippen molar-refractivity contribution >= 4 is 11.6 Å². The van der Waals surface area contributed by atoms with Crippen LogP contribution in [0.15, 0.2) is 30.3 Å². The van der Waals surface area contributed by atoms with E-state index in [-0.39, 0.29) is 5.91 Å². The molecule has 0 saturated heterocycles. The van der Waals surface area contributed by atoms with E-state index < -0.39 is 6.04 Å². The molecule has 0 spiro atoms. The lowest BCUT2D eigenvalue weighted by atomic mass is 9.92. The minimum atomic E-state index is -0.557. The molecule has 3 N–H and O–H groups in total. The zero-order chi connectivity index (χ0) is 17.1. The lowest BCUT2D eigenvalue weighted by Crippen LogP contribution is -2.37. The van der Waals surface area contributed by atoms with Crippen molar-refractivity contribution in [2.75, 3.05) is 5.32 Å². The summed E-state index contributed by atoms with van der Waals surface area (Å²) >= 11 is 0. The van der Waals surface area contributed by atoms with Gasteiger partial charge in [0.2, 0.25) is 5.91 Å². The van der Waals surface area contributed by atoms with E-state index in [0.717, 1.165) is 22.4 Å². The van der Waals surface area contributed by atoms with Crippen LogP contribution in [-0.2, 0) is 11.2 Å². The first kappa shape index (κ1) is 17.2. The van der Waals surface area contributed by atoms with Crippen molar-refractivity contribution < 1.29 is 4.79 Å². The van der Waals surface area contributed by atoms with E-state index in [1.54, 1.807) is 0 Å². The Morgan fingerprint density at radius 3 is 1.91 bits per heavy atom. The molecule has 0 unspecified atom stereocenters. The molecule has 0 heterocycles. The summed E-state index contributed by atoms with van der Waals surface area (Å²) in [6, 6.07) is 9.30. The summed E-state index contributed by atoms with van der Waals surface area (Å²) in [6.07, 6.45) is 0.536. The third kappa shape index (κ3) is 3.62. The Bertz CT molecular complexity index is 691. The maximum Gasteiger partial charge on any atom is 0.241 e. The normalized spacial score (nSPS) is 12.1. The SMILES string of the molecule is Cc1c(C)c(C)c(NC(=O)[C@@H](N)Cc2ccccc2)c(C)c1C. The Morgan fingerprint density at radius 1 is 0.913 bits per heavy atom. The quantitative estimate of drug-likeness (QED) is 0.904. The van der Waals surface area contributed by atoms with Crippen molar-refractivity contribution in [1.82, 2.24) is 0 Å². The van der Waals surface area contributed by atoms with E-state index in [2.05, 4.69) is 26.1 Å². The van der Waals surface area contributed by atoms with Crippen molar-refractivity contribution in [1.29, 1.82) is 0 Å². The van der Waals surface area contributed by atoms with Crippen LogP contribution in [0.3, 0.4) is 0 Å². The largest absolute Gasteiger partial charge is 0.324 e. The van der Waals surface area contributed by atoms with E-state index in [0.29, 0.717) is 6.42 Å². The number of nitrogens with one attached hydrogen (secondary N) is 1. The maximum atomic E-state index is 12.5. The number of amides is 1. The smallest absolute Gasteiger partial charge is 0.241 e. The lowest BCUT2D eigenvalue weighted by Gasteiger charge is -2.20. The predicted octanol–water partition coefficient (Wildman–Crippen LogP) is 3.74. The van der Waals surface area contributed by atoms with E-state index in [9.17, 15) is 4.79 Å². The number of nitrogens with two attached hydrogens (primary N) is 1. The Labute approximate surface area is 138 Å². The molecule has 3 nitrogen and oxygen atoms in total. The zero-order valence-electron chi connectivity index (χ0n) is 14.7. The molecule has 0 aliphatic rings. The third-order valence-corrected chi connectivity index (χ3v) is 4.88. The van der Waals surface area contributed by atoms with Gasteiger partial charge in [-0.15, -0.1) is 0 Å². The van der Waals surface area contributed by atoms with Gasteiger partial charge in [0.05, 0.1) is 6.04 Å². The highest BCUT2D eigenvalue weighted by Crippen LogP contribution is 2.30. The number of carbonyl (C=O) groups excluding carboxylic acids is 1. The summed E-state index contributed by atoms with van der Waals surface area (Å²) in [5.41, 5.74) is 14.0. The molecule has 3 heteroatoms. The predicted molar refractivity (Wildman–Crippen MR) is 96.9 cm³/mol. The summed E-state index contributed by atoms with van der Waals surface area (Å²) in [5.74, 6) is -0.136. The number of anilines is 1. The van der Waals surface area contributed by atoms with Crippen LogP contribution in [-0.4, -0.2) is 11.9 Å². The molecule has 0 fully saturated rings. The van der Waals surface area contributed by atoms with Gasteiger partial charge >= 0.3 is 0 Å². The first-order valence-corrected chi connectivity index (χ1v) is 8.00. The number of hydrogen-bond donors (Lipinski definition) is 2. The standard InChI is InChI=1S/C20H26N2O/c1-12-13(2)15(4)19(16(5)14(12)3)22-20(23)18(21)11-17-9-7-6-8-10-17/h6-10,18H,11,21H2,1-5H3,(H,22,23)/t18-/m0/s1. The van der Waals surface area contributed by atoms with Gasteiger partial charge in [0.1, 0.15) is 0 Å². The number of carbonyl (C=O) groups is 1. The molecule has 122 valence electrons. The number of hydrogen-bond acceptors (Lipinski definition) is 2. The molecular weight excluding hydrogens is 284 g/mol. The third-order valence-electron chi connectivity index (χ3n) is 4.88. The zero-order valence-corrected chi connectivity index (χ0v) is 14.7. The van der Waals surface area contributed by atoms with Crippen molar-refractivity contribution in [3.8, 4) is 0 Å². The summed E-state index contributed by atoms with van der Waals surface area (Å²) in [7, 11) is 0. The van der Waals surface area contributed by atoms with Gasteiger partial charge in [0.15, 0.2) is 0 Å². The fraction of sp³-hybridized carbons (Fsp3) is 0.350. The van der Waals surface area contributed by atoms with Gasteiger partial charge in [-0.05, 0) is 74.4 Å². The van der Waals surface area contributed by atoms with Gasteiger partial charge in [0, 0.05) is 5.69 Å². The minimum absolute atomic E-state index is 0.136. The molecule has 0 aliphatic heterocycles. The summed E-state index contributed by atoms with van der Waals surface area (Å²) in [4.78, 5) is 12.5. The highest BCUT2D eigenvalue weighted by atomic mass is 16.2. The van der Waals surface area contributed by atoms with Crippen LogP contribution in [0, 0.1) is 34.6 Å². The highest BCUT2D eigenvalue weighted by molar-refractivity contribution is 5.96. The van der Waals surface area contributed by atoms with Gasteiger partial charge in [-0.1, -0.05) is 30.3 Å². The van der Waals surface area contributed by atoms with Gasteiger partial charge in [-0.3, -0.25) is 4.79 Å². The van der Waals surface area contributed by atoms with Crippen molar-refractivity contribution in [3.05, 3.63) is 63.7 Å². The molecule has 0 radical (unpaired) electrons. The average Bonchev–Trinajstić information content (AvgIpc) is 2.55. The first-order valence-electron chi connectivity index (χ1n) is 8.00. The highest BCUT2D eigenvalue weighted by Gasteiger charge is 2.18. The van der Waals surface area contributed by atoms with E-state index >= 15 is 0 Å². The van der Waals surface area contributed by atoms with Crippen LogP contribution >= 0.6 is 0 Å². The average molecular weight is 310 g/mol. The second kappa shape index (κ2) is 6.97. The summed E-state index contributed by atoms with van der Waals surface area (Å²) < 4.78 is 0. The fourth-order valence-corrected chi connectivity index (χ4v) is 2.86. The first-order chi connectivity index (χ1) is 10.8. The fourth-order valence-electron chi connectivity index (χ4n) is 2.86. The lowest BCUT2D eigenvalue weighted by molar-refractivity contribution is -0.117. The summed E-state index contributed by atoms with van der Waals surface area (Å²) in [5, 5.41) is 3.04. The van der Waals surface area contributed by atoms with Crippen LogP contribution in [0.25, 0.3) is 0 Å². The molecule has 0 aliphatic carbocycles. The molecule has 2 rings (SSSR count). The van der Waals surface area contributed by atoms with Crippen LogP contribution in [0.1, 0.15) is 33.4 Å². The van der Waals surface area contributed by atoms with Crippen molar-refractivity contribution in [2.45, 2.75) is 47.1 Å². The van der Waals surface area contributed by atoms with Crippen molar-refractivity contribution in [2.24, 2.45) is 5.73 Å². The second-order valence-corrected chi connectivity index (χ2v) is 6.29. The molecule has 2 aromatic rings. The van der Waals surface area contributed by atoms with Crippen LogP contribution in [0.2, 0.25) is 0 Å². The monoisotopic (exact) mass is 310 g/mol. The maximum absolute atomic E-state index is 12.5. The topological polar surface area (TPSA) is 55.1 Å². The minimum Gasteiger partial charge on any atom is -0.324 e. The van der Waals surface area contributed by atoms with Crippen LogP contribution < -0.4 is 11.1 Å². The number of rotatable bonds is 4. The van der Waals surface area contributed by atoms with Crippen molar-refractivity contribution in [3.63, 3.8) is 0 Å². The molecule has 0 saturated carbocycles. The molecule has 1 atom stereocenters. The Kier molecular flexibility index (Phi) is 5.22. The Balaban J connectivity index is 2.20. The van der Waals surface area contributed by atoms with E-state index in [1.807, 2.05) is 44.2 Å². The van der Waals surface area contributed by atoms with Gasteiger partial charge in [-0.25, -0.2) is 0 Å². The van der Waals surface area contributed by atoms with Crippen LogP contribution in [0.5, 0.6) is 0 Å². The van der Waals surface area contributed by atoms with Gasteiger partial charge in [-0.2, -0.15) is 0 Å². The van der Waals surface area contributed by atoms with Gasteiger partial charge in [0.25, 0.3) is 0 Å². The Morgan fingerprint density at radius 2 is 1.39 bits per heavy atom. The van der Waals surface area contributed by atoms with Gasteiger partial charge < -0.3 is 11.1 Å². The molecular formula is C20H26N2O. The molecule has 23 heavy (non-hydrogen) atoms. The van der Waals surface area contributed by atoms with Crippen LogP contribution in [0.4, 0.5) is 5.69 Å².